The van der Waals surface area contributed by atoms with Crippen molar-refractivity contribution in [2.45, 2.75) is 25.9 Å². The summed E-state index contributed by atoms with van der Waals surface area (Å²) in [5.41, 5.74) is 1.52. The molecule has 0 aliphatic carbocycles. The van der Waals surface area contributed by atoms with Gasteiger partial charge in [0, 0.05) is 30.4 Å². The lowest BCUT2D eigenvalue weighted by Gasteiger charge is -2.12. The zero-order valence-electron chi connectivity index (χ0n) is 13.8. The Labute approximate surface area is 147 Å². The predicted molar refractivity (Wildman–Crippen MR) is 91.5 cm³/mol. The van der Waals surface area contributed by atoms with Crippen LogP contribution < -0.4 is 10.6 Å². The molecule has 9 heteroatoms. The summed E-state index contributed by atoms with van der Waals surface area (Å²) in [7, 11) is 0. The fraction of sp³-hybridized carbons (Fsp3) is 0.250. The maximum absolute atomic E-state index is 13.4. The molecular formula is C16H16F2N4O2S. The van der Waals surface area contributed by atoms with Crippen molar-refractivity contribution >= 4 is 35.0 Å². The SMILES string of the molecule is CC(=O)Nc1cc(F)c(F)cc1NC(=O)CSc1nc(C)cc(C)n1. The molecule has 2 N–H and O–H groups in total. The lowest BCUT2D eigenvalue weighted by atomic mass is 10.2. The maximum atomic E-state index is 13.4. The number of amides is 2. The third-order valence-corrected chi connectivity index (χ3v) is 3.79. The highest BCUT2D eigenvalue weighted by molar-refractivity contribution is 7.99. The summed E-state index contributed by atoms with van der Waals surface area (Å²) in [4.78, 5) is 31.6. The highest BCUT2D eigenvalue weighted by Crippen LogP contribution is 2.26. The normalized spacial score (nSPS) is 10.4. The van der Waals surface area contributed by atoms with Gasteiger partial charge < -0.3 is 10.6 Å². The van der Waals surface area contributed by atoms with E-state index in [9.17, 15) is 18.4 Å². The van der Waals surface area contributed by atoms with E-state index in [1.54, 1.807) is 0 Å². The van der Waals surface area contributed by atoms with E-state index in [1.807, 2.05) is 19.9 Å². The van der Waals surface area contributed by atoms with E-state index in [0.29, 0.717) is 5.16 Å². The van der Waals surface area contributed by atoms with Gasteiger partial charge in [-0.2, -0.15) is 0 Å². The van der Waals surface area contributed by atoms with Gasteiger partial charge in [0.2, 0.25) is 11.8 Å². The molecular weight excluding hydrogens is 350 g/mol. The maximum Gasteiger partial charge on any atom is 0.234 e. The molecule has 0 atom stereocenters. The van der Waals surface area contributed by atoms with Gasteiger partial charge >= 0.3 is 0 Å². The number of anilines is 2. The van der Waals surface area contributed by atoms with E-state index < -0.39 is 23.4 Å². The Bertz CT molecular complexity index is 810. The molecule has 2 rings (SSSR count). The number of thioether (sulfide) groups is 1. The average Bonchev–Trinajstić information content (AvgIpc) is 2.49. The van der Waals surface area contributed by atoms with Gasteiger partial charge in [0.15, 0.2) is 16.8 Å². The van der Waals surface area contributed by atoms with Crippen LogP contribution in [0.5, 0.6) is 0 Å². The Morgan fingerprint density at radius 2 is 1.52 bits per heavy atom. The van der Waals surface area contributed by atoms with E-state index in [0.717, 1.165) is 35.3 Å². The highest BCUT2D eigenvalue weighted by Gasteiger charge is 2.14. The quantitative estimate of drug-likeness (QED) is 0.628. The molecule has 25 heavy (non-hydrogen) atoms. The van der Waals surface area contributed by atoms with Gasteiger partial charge in [-0.15, -0.1) is 0 Å². The van der Waals surface area contributed by atoms with Crippen LogP contribution in [0.2, 0.25) is 0 Å². The number of rotatable bonds is 5. The largest absolute Gasteiger partial charge is 0.324 e. The third kappa shape index (κ3) is 5.49. The number of aromatic nitrogens is 2. The topological polar surface area (TPSA) is 84.0 Å². The minimum atomic E-state index is -1.13. The van der Waals surface area contributed by atoms with Crippen LogP contribution in [-0.4, -0.2) is 27.5 Å². The van der Waals surface area contributed by atoms with Crippen LogP contribution >= 0.6 is 11.8 Å². The Kier molecular flexibility index (Phi) is 6.02. The van der Waals surface area contributed by atoms with Crippen molar-refractivity contribution in [3.05, 3.63) is 41.2 Å². The summed E-state index contributed by atoms with van der Waals surface area (Å²) in [5, 5.41) is 5.23. The van der Waals surface area contributed by atoms with Crippen molar-refractivity contribution in [1.29, 1.82) is 0 Å². The number of benzene rings is 1. The molecule has 1 aromatic carbocycles. The molecule has 1 aromatic heterocycles. The van der Waals surface area contributed by atoms with Crippen LogP contribution in [-0.2, 0) is 9.59 Å². The molecule has 2 amide bonds. The number of aryl methyl sites for hydroxylation is 2. The average molecular weight is 366 g/mol. The number of nitrogens with zero attached hydrogens (tertiary/aromatic N) is 2. The number of carbonyl (C=O) groups excluding carboxylic acids is 2. The predicted octanol–water partition coefficient (Wildman–Crippen LogP) is 3.06. The van der Waals surface area contributed by atoms with Crippen LogP contribution in [0.4, 0.5) is 20.2 Å². The summed E-state index contributed by atoms with van der Waals surface area (Å²) >= 11 is 1.11. The molecule has 0 aliphatic rings. The first-order valence-corrected chi connectivity index (χ1v) is 8.24. The molecule has 0 radical (unpaired) electrons. The van der Waals surface area contributed by atoms with Crippen LogP contribution in [0.3, 0.4) is 0 Å². The van der Waals surface area contributed by atoms with Gasteiger partial charge in [0.1, 0.15) is 0 Å². The second-order valence-electron chi connectivity index (χ2n) is 5.26. The van der Waals surface area contributed by atoms with E-state index in [4.69, 9.17) is 0 Å². The van der Waals surface area contributed by atoms with Crippen molar-refractivity contribution in [2.75, 3.05) is 16.4 Å². The minimum Gasteiger partial charge on any atom is -0.324 e. The van der Waals surface area contributed by atoms with Crippen LogP contribution in [0.25, 0.3) is 0 Å². The Morgan fingerprint density at radius 3 is 2.04 bits per heavy atom. The fourth-order valence-electron chi connectivity index (χ4n) is 2.02. The molecule has 6 nitrogen and oxygen atoms in total. The lowest BCUT2D eigenvalue weighted by molar-refractivity contribution is -0.115. The Balaban J connectivity index is 2.09. The Hall–Kier alpha value is -2.55. The molecule has 0 spiro atoms. The zero-order valence-corrected chi connectivity index (χ0v) is 14.6. The molecule has 0 bridgehead atoms. The minimum absolute atomic E-state index is 0.0209. The first-order valence-electron chi connectivity index (χ1n) is 7.26. The second-order valence-corrected chi connectivity index (χ2v) is 6.21. The molecule has 0 aliphatic heterocycles. The van der Waals surface area contributed by atoms with Gasteiger partial charge in [0.25, 0.3) is 0 Å². The van der Waals surface area contributed by atoms with Crippen molar-refractivity contribution in [3.63, 3.8) is 0 Å². The highest BCUT2D eigenvalue weighted by atomic mass is 32.2. The summed E-state index contributed by atoms with van der Waals surface area (Å²) in [6.07, 6.45) is 0. The first-order chi connectivity index (χ1) is 11.7. The number of hydrogen-bond donors (Lipinski definition) is 2. The van der Waals surface area contributed by atoms with Gasteiger partial charge in [-0.3, -0.25) is 9.59 Å². The van der Waals surface area contributed by atoms with Crippen molar-refractivity contribution in [2.24, 2.45) is 0 Å². The molecule has 0 saturated heterocycles. The molecule has 2 aromatic rings. The first kappa shape index (κ1) is 18.8. The van der Waals surface area contributed by atoms with E-state index >= 15 is 0 Å². The monoisotopic (exact) mass is 366 g/mol. The zero-order chi connectivity index (χ0) is 18.6. The second kappa shape index (κ2) is 8.02. The van der Waals surface area contributed by atoms with Crippen LogP contribution in [0.15, 0.2) is 23.4 Å². The summed E-state index contributed by atoms with van der Waals surface area (Å²) in [5.74, 6) is -3.22. The van der Waals surface area contributed by atoms with Gasteiger partial charge in [-0.25, -0.2) is 18.7 Å². The molecule has 0 unspecified atom stereocenters. The van der Waals surface area contributed by atoms with Gasteiger partial charge in [0.05, 0.1) is 17.1 Å². The number of hydrogen-bond acceptors (Lipinski definition) is 5. The number of carbonyl (C=O) groups is 2. The summed E-state index contributed by atoms with van der Waals surface area (Å²) in [6.45, 7) is 4.86. The summed E-state index contributed by atoms with van der Waals surface area (Å²) < 4.78 is 26.8. The van der Waals surface area contributed by atoms with E-state index in [1.165, 1.54) is 6.92 Å². The van der Waals surface area contributed by atoms with Crippen molar-refractivity contribution < 1.29 is 18.4 Å². The third-order valence-electron chi connectivity index (χ3n) is 2.94. The van der Waals surface area contributed by atoms with Crippen molar-refractivity contribution in [1.82, 2.24) is 9.97 Å². The number of halogens is 2. The summed E-state index contributed by atoms with van der Waals surface area (Å²) in [6, 6.07) is 3.44. The van der Waals surface area contributed by atoms with Crippen LogP contribution in [0, 0.1) is 25.5 Å². The fourth-order valence-corrected chi connectivity index (χ4v) is 2.77. The van der Waals surface area contributed by atoms with Gasteiger partial charge in [-0.1, -0.05) is 11.8 Å². The van der Waals surface area contributed by atoms with E-state index in [-0.39, 0.29) is 17.1 Å². The van der Waals surface area contributed by atoms with Crippen molar-refractivity contribution in [3.8, 4) is 0 Å². The van der Waals surface area contributed by atoms with E-state index in [2.05, 4.69) is 20.6 Å². The number of nitrogens with one attached hydrogen (secondary N) is 2. The molecule has 132 valence electrons. The molecule has 0 saturated carbocycles. The smallest absolute Gasteiger partial charge is 0.234 e. The standard InChI is InChI=1S/C16H16F2N4O2S/c1-8-4-9(2)20-16(19-8)25-7-15(24)22-14-6-12(18)11(17)5-13(14)21-10(3)23/h4-6H,7H2,1-3H3,(H,21,23)(H,22,24). The Morgan fingerprint density at radius 1 is 1.00 bits per heavy atom. The van der Waals surface area contributed by atoms with Crippen LogP contribution in [0.1, 0.15) is 18.3 Å². The van der Waals surface area contributed by atoms with Gasteiger partial charge in [-0.05, 0) is 19.9 Å². The molecule has 0 fully saturated rings. The lowest BCUT2D eigenvalue weighted by Crippen LogP contribution is -2.17. The molecule has 1 heterocycles.